The summed E-state index contributed by atoms with van der Waals surface area (Å²) in [6.45, 7) is 8.02. The van der Waals surface area contributed by atoms with E-state index in [0.29, 0.717) is 43.0 Å². The highest BCUT2D eigenvalue weighted by Gasteiger charge is 2.27. The number of amides is 1. The molecule has 2 heterocycles. The molecule has 0 N–H and O–H groups in total. The van der Waals surface area contributed by atoms with Gasteiger partial charge in [-0.25, -0.2) is 14.6 Å². The fraction of sp³-hybridized carbons (Fsp3) is 0.526. The topological polar surface area (TPSA) is 81.2 Å². The van der Waals surface area contributed by atoms with E-state index in [4.69, 9.17) is 19.2 Å². The van der Waals surface area contributed by atoms with Gasteiger partial charge >= 0.3 is 12.1 Å². The van der Waals surface area contributed by atoms with E-state index in [1.165, 1.54) is 18.4 Å². The van der Waals surface area contributed by atoms with Gasteiger partial charge in [0.25, 0.3) is 0 Å². The Hall–Kier alpha value is -2.55. The Morgan fingerprint density at radius 3 is 2.36 bits per heavy atom. The van der Waals surface area contributed by atoms with E-state index in [1.54, 1.807) is 24.1 Å². The van der Waals surface area contributed by atoms with E-state index in [1.807, 2.05) is 20.8 Å². The quantitative estimate of drug-likeness (QED) is 0.723. The molecule has 0 aliphatic carbocycles. The summed E-state index contributed by atoms with van der Waals surface area (Å²) in [6, 6.07) is 3.40. The van der Waals surface area contributed by atoms with Crippen molar-refractivity contribution in [2.75, 3.05) is 45.3 Å². The Bertz CT molecular complexity index is 882. The van der Waals surface area contributed by atoms with Crippen molar-refractivity contribution in [3.05, 3.63) is 17.7 Å². The molecule has 1 aliphatic heterocycles. The van der Waals surface area contributed by atoms with E-state index in [-0.39, 0.29) is 6.09 Å². The van der Waals surface area contributed by atoms with Crippen molar-refractivity contribution in [1.82, 2.24) is 9.88 Å². The molecule has 0 spiro atoms. The third kappa shape index (κ3) is 4.30. The van der Waals surface area contributed by atoms with Gasteiger partial charge in [0.05, 0.1) is 24.5 Å². The molecule has 1 aliphatic rings. The van der Waals surface area contributed by atoms with Crippen LogP contribution in [0.3, 0.4) is 0 Å². The molecule has 0 atom stereocenters. The summed E-state index contributed by atoms with van der Waals surface area (Å²) in [4.78, 5) is 32.6. The molecular formula is C19H25N3O5S. The van der Waals surface area contributed by atoms with Crippen LogP contribution in [0.2, 0.25) is 0 Å². The summed E-state index contributed by atoms with van der Waals surface area (Å²) in [5.41, 5.74) is 0.635. The Kier molecular flexibility index (Phi) is 5.64. The summed E-state index contributed by atoms with van der Waals surface area (Å²) in [7, 11) is 2.90. The number of thiazole rings is 1. The van der Waals surface area contributed by atoms with Gasteiger partial charge < -0.3 is 24.0 Å². The van der Waals surface area contributed by atoms with Gasteiger partial charge in [-0.3, -0.25) is 0 Å². The van der Waals surface area contributed by atoms with Crippen LogP contribution in [0, 0.1) is 0 Å². The van der Waals surface area contributed by atoms with E-state index in [9.17, 15) is 9.59 Å². The van der Waals surface area contributed by atoms with Gasteiger partial charge in [0.15, 0.2) is 5.13 Å². The Morgan fingerprint density at radius 1 is 1.11 bits per heavy atom. The lowest BCUT2D eigenvalue weighted by Crippen LogP contribution is -2.50. The van der Waals surface area contributed by atoms with Crippen molar-refractivity contribution in [2.24, 2.45) is 0 Å². The third-order valence-corrected chi connectivity index (χ3v) is 5.35. The molecule has 9 heteroatoms. The van der Waals surface area contributed by atoms with Crippen molar-refractivity contribution < 1.29 is 23.8 Å². The number of benzene rings is 1. The molecule has 1 fully saturated rings. The molecule has 0 saturated carbocycles. The van der Waals surface area contributed by atoms with Gasteiger partial charge in [0, 0.05) is 26.2 Å². The van der Waals surface area contributed by atoms with Crippen LogP contribution in [0.15, 0.2) is 12.1 Å². The highest BCUT2D eigenvalue weighted by atomic mass is 32.1. The molecule has 152 valence electrons. The molecule has 0 unspecified atom stereocenters. The maximum absolute atomic E-state index is 12.2. The third-order valence-electron chi connectivity index (χ3n) is 4.29. The molecule has 28 heavy (non-hydrogen) atoms. The number of anilines is 1. The largest absolute Gasteiger partial charge is 0.494 e. The number of nitrogens with zero attached hydrogens (tertiary/aromatic N) is 3. The summed E-state index contributed by atoms with van der Waals surface area (Å²) < 4.78 is 16.5. The lowest BCUT2D eigenvalue weighted by Gasteiger charge is -2.35. The second-order valence-corrected chi connectivity index (χ2v) is 8.48. The van der Waals surface area contributed by atoms with Crippen LogP contribution >= 0.6 is 11.3 Å². The first-order valence-corrected chi connectivity index (χ1v) is 9.83. The maximum atomic E-state index is 12.2. The molecule has 0 bridgehead atoms. The number of carbonyl (C=O) groups is 2. The molecule has 2 aromatic rings. The van der Waals surface area contributed by atoms with Crippen LogP contribution in [0.5, 0.6) is 5.75 Å². The van der Waals surface area contributed by atoms with Crippen LogP contribution in [-0.4, -0.2) is 67.9 Å². The first-order chi connectivity index (χ1) is 13.2. The smallest absolute Gasteiger partial charge is 0.410 e. The van der Waals surface area contributed by atoms with Crippen molar-refractivity contribution in [2.45, 2.75) is 26.4 Å². The molecule has 1 amide bonds. The monoisotopic (exact) mass is 407 g/mol. The summed E-state index contributed by atoms with van der Waals surface area (Å²) >= 11 is 1.49. The number of piperazine rings is 1. The van der Waals surface area contributed by atoms with Gasteiger partial charge in [-0.1, -0.05) is 11.3 Å². The average Bonchev–Trinajstić information content (AvgIpc) is 3.09. The van der Waals surface area contributed by atoms with Crippen LogP contribution < -0.4 is 9.64 Å². The lowest BCUT2D eigenvalue weighted by atomic mass is 10.2. The van der Waals surface area contributed by atoms with E-state index >= 15 is 0 Å². The van der Waals surface area contributed by atoms with Gasteiger partial charge in [-0.15, -0.1) is 0 Å². The number of ether oxygens (including phenoxy) is 3. The molecule has 1 aromatic heterocycles. The molecule has 1 aromatic carbocycles. The van der Waals surface area contributed by atoms with Crippen LogP contribution in [0.25, 0.3) is 10.2 Å². The van der Waals surface area contributed by atoms with Crippen molar-refractivity contribution in [3.63, 3.8) is 0 Å². The molecule has 1 saturated heterocycles. The highest BCUT2D eigenvalue weighted by Crippen LogP contribution is 2.36. The van der Waals surface area contributed by atoms with Crippen LogP contribution in [0.4, 0.5) is 9.93 Å². The number of hydrogen-bond donors (Lipinski definition) is 0. The Labute approximate surface area is 168 Å². The Balaban J connectivity index is 1.76. The zero-order valence-corrected chi connectivity index (χ0v) is 17.6. The van der Waals surface area contributed by atoms with Crippen LogP contribution in [-0.2, 0) is 9.47 Å². The second-order valence-electron chi connectivity index (χ2n) is 7.47. The summed E-state index contributed by atoms with van der Waals surface area (Å²) in [5, 5.41) is 0.833. The SMILES string of the molecule is COC(=O)c1cc(OC)c2nc(N3CCN(C(=O)OC(C)(C)C)CC3)sc2c1. The van der Waals surface area contributed by atoms with E-state index < -0.39 is 11.6 Å². The highest BCUT2D eigenvalue weighted by molar-refractivity contribution is 7.22. The minimum atomic E-state index is -0.505. The minimum Gasteiger partial charge on any atom is -0.494 e. The standard InChI is InChI=1S/C19H25N3O5S/c1-19(2,3)27-18(24)22-8-6-21(7-9-22)17-20-15-13(25-4)10-12(16(23)26-5)11-14(15)28-17/h10-11H,6-9H2,1-5H3. The molecule has 0 radical (unpaired) electrons. The van der Waals surface area contributed by atoms with Crippen LogP contribution in [0.1, 0.15) is 31.1 Å². The number of rotatable bonds is 3. The van der Waals surface area contributed by atoms with Gasteiger partial charge in [0.1, 0.15) is 16.9 Å². The van der Waals surface area contributed by atoms with Gasteiger partial charge in [-0.05, 0) is 32.9 Å². The second kappa shape index (κ2) is 7.83. The number of carbonyl (C=O) groups excluding carboxylic acids is 2. The first kappa shape index (κ1) is 20.2. The predicted octanol–water partition coefficient (Wildman–Crippen LogP) is 3.15. The number of aromatic nitrogens is 1. The Morgan fingerprint density at radius 2 is 1.79 bits per heavy atom. The average molecular weight is 407 g/mol. The first-order valence-electron chi connectivity index (χ1n) is 9.01. The maximum Gasteiger partial charge on any atom is 0.410 e. The fourth-order valence-electron chi connectivity index (χ4n) is 2.92. The zero-order chi connectivity index (χ0) is 20.5. The minimum absolute atomic E-state index is 0.291. The number of esters is 1. The number of fused-ring (bicyclic) bond motifs is 1. The zero-order valence-electron chi connectivity index (χ0n) is 16.8. The summed E-state index contributed by atoms with van der Waals surface area (Å²) in [5.74, 6) is 0.119. The van der Waals surface area contributed by atoms with Crippen molar-refractivity contribution in [3.8, 4) is 5.75 Å². The van der Waals surface area contributed by atoms with Gasteiger partial charge in [-0.2, -0.15) is 0 Å². The lowest BCUT2D eigenvalue weighted by molar-refractivity contribution is 0.0240. The number of hydrogen-bond acceptors (Lipinski definition) is 8. The normalized spacial score (nSPS) is 14.9. The summed E-state index contributed by atoms with van der Waals surface area (Å²) in [6.07, 6.45) is -0.291. The fourth-order valence-corrected chi connectivity index (χ4v) is 3.99. The number of methoxy groups -OCH3 is 2. The predicted molar refractivity (Wildman–Crippen MR) is 108 cm³/mol. The molecule has 3 rings (SSSR count). The van der Waals surface area contributed by atoms with Crippen molar-refractivity contribution in [1.29, 1.82) is 0 Å². The van der Waals surface area contributed by atoms with Gasteiger partial charge in [0.2, 0.25) is 0 Å². The molecule has 8 nitrogen and oxygen atoms in total. The van der Waals surface area contributed by atoms with E-state index in [2.05, 4.69) is 4.90 Å². The van der Waals surface area contributed by atoms with Crippen molar-refractivity contribution >= 4 is 38.7 Å². The van der Waals surface area contributed by atoms with E-state index in [0.717, 1.165) is 9.83 Å². The molecular weight excluding hydrogens is 382 g/mol.